The number of carbonyl (C=O) groups excluding carboxylic acids is 1. The van der Waals surface area contributed by atoms with Gasteiger partial charge in [-0.1, -0.05) is 13.8 Å². The van der Waals surface area contributed by atoms with E-state index in [1.165, 1.54) is 0 Å². The average Bonchev–Trinajstić information content (AvgIpc) is 2.84. The van der Waals surface area contributed by atoms with Crippen LogP contribution in [0.15, 0.2) is 0 Å². The van der Waals surface area contributed by atoms with Gasteiger partial charge >= 0.3 is 5.97 Å². The topological polar surface area (TPSA) is 78.4 Å². The standard InChI is InChI=1S/C12H22N2O3/c1-3-12(4-2,11(16)17)8-14-10(15)9-6-5-7-13-9/h9,13H,3-8H2,1-2H3,(H,14,15)(H,16,17)/t9-/m1/s1. The van der Waals surface area contributed by atoms with Crippen molar-refractivity contribution in [3.8, 4) is 0 Å². The lowest BCUT2D eigenvalue weighted by Crippen LogP contribution is -2.47. The SMILES string of the molecule is CCC(CC)(CNC(=O)[C@H]1CCCN1)C(=O)O. The van der Waals surface area contributed by atoms with Gasteiger partial charge in [0.2, 0.25) is 5.91 Å². The Balaban J connectivity index is 2.51. The number of amides is 1. The third-order valence-corrected chi connectivity index (χ3v) is 3.79. The van der Waals surface area contributed by atoms with Crippen LogP contribution in [0.3, 0.4) is 0 Å². The molecule has 5 heteroatoms. The molecule has 5 nitrogen and oxygen atoms in total. The summed E-state index contributed by atoms with van der Waals surface area (Å²) in [6.45, 7) is 4.77. The molecular formula is C12H22N2O3. The Morgan fingerprint density at radius 1 is 1.41 bits per heavy atom. The molecule has 0 aromatic rings. The Morgan fingerprint density at radius 3 is 2.47 bits per heavy atom. The molecule has 17 heavy (non-hydrogen) atoms. The molecule has 1 aliphatic heterocycles. The summed E-state index contributed by atoms with van der Waals surface area (Å²) in [6.07, 6.45) is 2.89. The largest absolute Gasteiger partial charge is 0.481 e. The van der Waals surface area contributed by atoms with Crippen molar-refractivity contribution in [3.63, 3.8) is 0 Å². The number of carbonyl (C=O) groups is 2. The van der Waals surface area contributed by atoms with Crippen molar-refractivity contribution in [2.75, 3.05) is 13.1 Å². The fourth-order valence-corrected chi connectivity index (χ4v) is 2.17. The van der Waals surface area contributed by atoms with Crippen molar-refractivity contribution in [2.24, 2.45) is 5.41 Å². The smallest absolute Gasteiger partial charge is 0.311 e. The van der Waals surface area contributed by atoms with E-state index in [9.17, 15) is 14.7 Å². The first-order valence-electron chi connectivity index (χ1n) is 6.30. The minimum Gasteiger partial charge on any atom is -0.481 e. The number of aliphatic carboxylic acids is 1. The van der Waals surface area contributed by atoms with Crippen LogP contribution in [0.25, 0.3) is 0 Å². The van der Waals surface area contributed by atoms with Gasteiger partial charge in [0.15, 0.2) is 0 Å². The molecule has 0 radical (unpaired) electrons. The van der Waals surface area contributed by atoms with Crippen LogP contribution >= 0.6 is 0 Å². The highest BCUT2D eigenvalue weighted by Crippen LogP contribution is 2.25. The van der Waals surface area contributed by atoms with E-state index in [1.54, 1.807) is 0 Å². The number of carboxylic acids is 1. The van der Waals surface area contributed by atoms with Crippen LogP contribution in [0.5, 0.6) is 0 Å². The van der Waals surface area contributed by atoms with Gasteiger partial charge in [-0.05, 0) is 32.2 Å². The second-order valence-electron chi connectivity index (χ2n) is 4.66. The monoisotopic (exact) mass is 242 g/mol. The lowest BCUT2D eigenvalue weighted by molar-refractivity contribution is -0.149. The maximum absolute atomic E-state index is 11.8. The summed E-state index contributed by atoms with van der Waals surface area (Å²) in [5.41, 5.74) is -0.825. The number of hydrogen-bond acceptors (Lipinski definition) is 3. The van der Waals surface area contributed by atoms with E-state index in [-0.39, 0.29) is 18.5 Å². The molecule has 1 atom stereocenters. The Hall–Kier alpha value is -1.10. The number of carboxylic acid groups (broad SMARTS) is 1. The van der Waals surface area contributed by atoms with Crippen LogP contribution < -0.4 is 10.6 Å². The highest BCUT2D eigenvalue weighted by atomic mass is 16.4. The number of rotatable bonds is 6. The predicted molar refractivity (Wildman–Crippen MR) is 64.7 cm³/mol. The molecule has 1 rings (SSSR count). The second kappa shape index (κ2) is 6.00. The fraction of sp³-hybridized carbons (Fsp3) is 0.833. The molecule has 1 aliphatic rings. The summed E-state index contributed by atoms with van der Waals surface area (Å²) in [6, 6.07) is -0.143. The van der Waals surface area contributed by atoms with Crippen LogP contribution in [-0.4, -0.2) is 36.1 Å². The Morgan fingerprint density at radius 2 is 2.06 bits per heavy atom. The molecule has 3 N–H and O–H groups in total. The molecule has 1 fully saturated rings. The van der Waals surface area contributed by atoms with Crippen molar-refractivity contribution in [1.29, 1.82) is 0 Å². The van der Waals surface area contributed by atoms with Gasteiger partial charge in [-0.2, -0.15) is 0 Å². The van der Waals surface area contributed by atoms with Gasteiger partial charge in [0.05, 0.1) is 11.5 Å². The van der Waals surface area contributed by atoms with E-state index < -0.39 is 11.4 Å². The van der Waals surface area contributed by atoms with Crippen molar-refractivity contribution in [2.45, 2.75) is 45.6 Å². The molecule has 0 saturated carbocycles. The quantitative estimate of drug-likeness (QED) is 0.642. The van der Waals surface area contributed by atoms with Gasteiger partial charge in [0.25, 0.3) is 0 Å². The predicted octanol–water partition coefficient (Wildman–Crippen LogP) is 0.746. The first-order chi connectivity index (χ1) is 8.05. The van der Waals surface area contributed by atoms with E-state index >= 15 is 0 Å². The van der Waals surface area contributed by atoms with E-state index in [0.717, 1.165) is 19.4 Å². The zero-order valence-electron chi connectivity index (χ0n) is 10.6. The van der Waals surface area contributed by atoms with Gasteiger partial charge in [0, 0.05) is 6.54 Å². The van der Waals surface area contributed by atoms with Gasteiger partial charge in [0.1, 0.15) is 0 Å². The third-order valence-electron chi connectivity index (χ3n) is 3.79. The zero-order valence-corrected chi connectivity index (χ0v) is 10.6. The van der Waals surface area contributed by atoms with Gasteiger partial charge < -0.3 is 15.7 Å². The van der Waals surface area contributed by atoms with Crippen LogP contribution in [0.1, 0.15) is 39.5 Å². The molecule has 98 valence electrons. The summed E-state index contributed by atoms with van der Waals surface area (Å²) in [4.78, 5) is 23.0. The Labute approximate surface area is 102 Å². The van der Waals surface area contributed by atoms with Gasteiger partial charge in [-0.15, -0.1) is 0 Å². The summed E-state index contributed by atoms with van der Waals surface area (Å²) in [5.74, 6) is -0.905. The minimum absolute atomic E-state index is 0.0741. The molecule has 0 bridgehead atoms. The maximum atomic E-state index is 11.8. The Kier molecular flexibility index (Phi) is 4.93. The molecular weight excluding hydrogens is 220 g/mol. The average molecular weight is 242 g/mol. The molecule has 1 saturated heterocycles. The van der Waals surface area contributed by atoms with Crippen LogP contribution in [0, 0.1) is 5.41 Å². The lowest BCUT2D eigenvalue weighted by Gasteiger charge is -2.27. The highest BCUT2D eigenvalue weighted by Gasteiger charge is 2.35. The second-order valence-corrected chi connectivity index (χ2v) is 4.66. The van der Waals surface area contributed by atoms with E-state index in [4.69, 9.17) is 0 Å². The molecule has 1 heterocycles. The zero-order chi connectivity index (χ0) is 12.9. The summed E-state index contributed by atoms with van der Waals surface area (Å²) < 4.78 is 0. The van der Waals surface area contributed by atoms with Crippen molar-refractivity contribution in [1.82, 2.24) is 10.6 Å². The lowest BCUT2D eigenvalue weighted by atomic mass is 9.82. The maximum Gasteiger partial charge on any atom is 0.311 e. The fourth-order valence-electron chi connectivity index (χ4n) is 2.17. The minimum atomic E-state index is -0.831. The van der Waals surface area contributed by atoms with Gasteiger partial charge in [-0.3, -0.25) is 9.59 Å². The van der Waals surface area contributed by atoms with Crippen molar-refractivity contribution >= 4 is 11.9 Å². The molecule has 0 aromatic carbocycles. The van der Waals surface area contributed by atoms with Crippen molar-refractivity contribution < 1.29 is 14.7 Å². The third kappa shape index (κ3) is 3.19. The molecule has 0 aromatic heterocycles. The normalized spacial score (nSPS) is 20.2. The number of nitrogens with one attached hydrogen (secondary N) is 2. The molecule has 0 unspecified atom stereocenters. The summed E-state index contributed by atoms with van der Waals surface area (Å²) in [5, 5.41) is 15.1. The summed E-state index contributed by atoms with van der Waals surface area (Å²) in [7, 11) is 0. The van der Waals surface area contributed by atoms with Gasteiger partial charge in [-0.25, -0.2) is 0 Å². The van der Waals surface area contributed by atoms with Crippen LogP contribution in [0.2, 0.25) is 0 Å². The molecule has 1 amide bonds. The highest BCUT2D eigenvalue weighted by molar-refractivity contribution is 5.83. The van der Waals surface area contributed by atoms with E-state index in [2.05, 4.69) is 10.6 Å². The Bertz CT molecular complexity index is 281. The van der Waals surface area contributed by atoms with Crippen molar-refractivity contribution in [3.05, 3.63) is 0 Å². The molecule has 0 spiro atoms. The first kappa shape index (κ1) is 14.0. The van der Waals surface area contributed by atoms with E-state index in [1.807, 2.05) is 13.8 Å². The first-order valence-corrected chi connectivity index (χ1v) is 6.30. The van der Waals surface area contributed by atoms with Crippen LogP contribution in [-0.2, 0) is 9.59 Å². The number of hydrogen-bond donors (Lipinski definition) is 3. The molecule has 0 aliphatic carbocycles. The summed E-state index contributed by atoms with van der Waals surface area (Å²) >= 11 is 0. The van der Waals surface area contributed by atoms with Crippen LogP contribution in [0.4, 0.5) is 0 Å². The van der Waals surface area contributed by atoms with E-state index in [0.29, 0.717) is 12.8 Å².